The summed E-state index contributed by atoms with van der Waals surface area (Å²) in [4.78, 5) is 13.4. The van der Waals surface area contributed by atoms with E-state index in [4.69, 9.17) is 15.3 Å². The zero-order valence-corrected chi connectivity index (χ0v) is 17.2. The quantitative estimate of drug-likeness (QED) is 0.675. The lowest BCUT2D eigenvalue weighted by Crippen LogP contribution is -2.62. The van der Waals surface area contributed by atoms with Gasteiger partial charge in [-0.3, -0.25) is 4.79 Å². The lowest BCUT2D eigenvalue weighted by Gasteiger charge is -2.53. The molecule has 1 heterocycles. The summed E-state index contributed by atoms with van der Waals surface area (Å²) < 4.78 is 6.33. The van der Waals surface area contributed by atoms with E-state index in [0.29, 0.717) is 29.7 Å². The second kappa shape index (κ2) is 8.40. The van der Waals surface area contributed by atoms with Crippen molar-refractivity contribution in [1.82, 2.24) is 0 Å². The summed E-state index contributed by atoms with van der Waals surface area (Å²) in [6, 6.07) is 19.0. The summed E-state index contributed by atoms with van der Waals surface area (Å²) >= 11 is 0. The molecule has 1 saturated carbocycles. The van der Waals surface area contributed by atoms with Crippen LogP contribution in [-0.4, -0.2) is 11.4 Å². The predicted molar refractivity (Wildman–Crippen MR) is 112 cm³/mol. The van der Waals surface area contributed by atoms with Crippen molar-refractivity contribution in [1.29, 1.82) is 15.8 Å². The van der Waals surface area contributed by atoms with Gasteiger partial charge < -0.3 is 4.74 Å². The van der Waals surface area contributed by atoms with Crippen molar-refractivity contribution in [3.05, 3.63) is 53.6 Å². The number of hydrogen-bond acceptors (Lipinski definition) is 5. The molecule has 1 aliphatic carbocycles. The molecule has 30 heavy (non-hydrogen) atoms. The minimum absolute atomic E-state index is 0.142. The Hall–Kier alpha value is -3.62. The van der Waals surface area contributed by atoms with Crippen LogP contribution in [0.1, 0.15) is 61.9 Å². The molecule has 5 heteroatoms. The smallest absolute Gasteiger partial charge is 0.190 e. The van der Waals surface area contributed by atoms with Crippen LogP contribution in [0.3, 0.4) is 0 Å². The maximum absolute atomic E-state index is 13.4. The van der Waals surface area contributed by atoms with Gasteiger partial charge in [0, 0.05) is 6.42 Å². The van der Waals surface area contributed by atoms with Gasteiger partial charge in [-0.2, -0.15) is 15.8 Å². The minimum atomic E-state index is -1.30. The topological polar surface area (TPSA) is 97.7 Å². The van der Waals surface area contributed by atoms with Gasteiger partial charge >= 0.3 is 0 Å². The second-order valence-electron chi connectivity index (χ2n) is 7.35. The third-order valence-corrected chi connectivity index (χ3v) is 6.01. The fraction of sp³-hybridized carbons (Fsp3) is 0.360. The van der Waals surface area contributed by atoms with Crippen molar-refractivity contribution in [2.75, 3.05) is 0 Å². The van der Waals surface area contributed by atoms with Crippen molar-refractivity contribution in [2.24, 2.45) is 5.41 Å². The molecule has 2 aromatic carbocycles. The number of Topliss-reactive ketones (excluding diaryl/α,β-unsaturated/α-hetero) is 1. The average Bonchev–Trinajstić information content (AvgIpc) is 2.78. The van der Waals surface area contributed by atoms with Gasteiger partial charge in [-0.15, -0.1) is 0 Å². The Morgan fingerprint density at radius 2 is 1.67 bits per heavy atom. The van der Waals surface area contributed by atoms with Crippen molar-refractivity contribution >= 4 is 5.78 Å². The highest BCUT2D eigenvalue weighted by atomic mass is 16.5. The predicted octanol–water partition coefficient (Wildman–Crippen LogP) is 5.56. The van der Waals surface area contributed by atoms with E-state index < -0.39 is 11.0 Å². The maximum atomic E-state index is 13.4. The molecule has 0 amide bonds. The van der Waals surface area contributed by atoms with Gasteiger partial charge in [0.1, 0.15) is 11.4 Å². The second-order valence-corrected chi connectivity index (χ2v) is 7.35. The first-order valence-electron chi connectivity index (χ1n) is 10.3. The highest BCUT2D eigenvalue weighted by Crippen LogP contribution is 2.56. The molecule has 1 fully saturated rings. The number of nitriles is 3. The molecule has 4 rings (SSSR count). The number of ketones is 1. The first-order valence-corrected chi connectivity index (χ1v) is 10.3. The summed E-state index contributed by atoms with van der Waals surface area (Å²) in [5.41, 5.74) is 0.636. The number of carbonyl (C=O) groups is 1. The van der Waals surface area contributed by atoms with Crippen molar-refractivity contribution in [3.63, 3.8) is 0 Å². The highest BCUT2D eigenvalue weighted by molar-refractivity contribution is 6.07. The van der Waals surface area contributed by atoms with Crippen LogP contribution < -0.4 is 4.74 Å². The fourth-order valence-electron chi connectivity index (χ4n) is 4.27. The van der Waals surface area contributed by atoms with Gasteiger partial charge in [-0.1, -0.05) is 32.0 Å². The molecule has 2 aromatic rings. The van der Waals surface area contributed by atoms with E-state index in [9.17, 15) is 10.1 Å². The Labute approximate surface area is 177 Å². The van der Waals surface area contributed by atoms with E-state index in [1.54, 1.807) is 18.2 Å². The third-order valence-electron chi connectivity index (χ3n) is 6.01. The molecule has 0 N–H and O–H groups in total. The fourth-order valence-corrected chi connectivity index (χ4v) is 4.27. The van der Waals surface area contributed by atoms with Gasteiger partial charge in [0.2, 0.25) is 0 Å². The standard InChI is InChI=1S/C23H17N3O2.C2H6/c24-12-2-9-22(15-26)21(27)19-8-7-18(17-5-3-16(14-25)4-6-17)13-20(19)28-23(22)10-1-11-23;1-2/h3-8,13H,1-2,9-11H2;1-2H3. The molecule has 2 aliphatic rings. The van der Waals surface area contributed by atoms with Crippen LogP contribution in [0.25, 0.3) is 11.1 Å². The molecule has 5 nitrogen and oxygen atoms in total. The van der Waals surface area contributed by atoms with Crippen LogP contribution in [-0.2, 0) is 0 Å². The van der Waals surface area contributed by atoms with Crippen LogP contribution in [0.5, 0.6) is 5.75 Å². The zero-order chi connectivity index (χ0) is 21.8. The van der Waals surface area contributed by atoms with E-state index in [2.05, 4.69) is 18.2 Å². The van der Waals surface area contributed by atoms with E-state index in [-0.39, 0.29) is 18.6 Å². The van der Waals surface area contributed by atoms with Crippen molar-refractivity contribution in [3.8, 4) is 35.1 Å². The van der Waals surface area contributed by atoms with Crippen LogP contribution >= 0.6 is 0 Å². The van der Waals surface area contributed by atoms with Crippen LogP contribution in [0.4, 0.5) is 0 Å². The number of rotatable bonds is 3. The molecular weight excluding hydrogens is 374 g/mol. The molecule has 0 bridgehead atoms. The Morgan fingerprint density at radius 1 is 1.00 bits per heavy atom. The van der Waals surface area contributed by atoms with Gasteiger partial charge in [-0.05, 0) is 61.1 Å². The Morgan fingerprint density at radius 3 is 2.20 bits per heavy atom. The Kier molecular flexibility index (Phi) is 5.91. The lowest BCUT2D eigenvalue weighted by atomic mass is 9.56. The molecule has 0 saturated heterocycles. The number of carbonyl (C=O) groups excluding carboxylic acids is 1. The molecule has 1 unspecified atom stereocenters. The molecule has 150 valence electrons. The monoisotopic (exact) mass is 397 g/mol. The molecular formula is C25H23N3O2. The maximum Gasteiger partial charge on any atom is 0.190 e. The molecule has 1 spiro atoms. The average molecular weight is 397 g/mol. The van der Waals surface area contributed by atoms with E-state index in [1.807, 2.05) is 38.1 Å². The molecule has 1 atom stereocenters. The highest BCUT2D eigenvalue weighted by Gasteiger charge is 2.64. The van der Waals surface area contributed by atoms with Crippen LogP contribution in [0.15, 0.2) is 42.5 Å². The van der Waals surface area contributed by atoms with E-state index in [1.165, 1.54) is 0 Å². The van der Waals surface area contributed by atoms with Crippen molar-refractivity contribution in [2.45, 2.75) is 51.6 Å². The third kappa shape index (κ3) is 3.12. The first-order chi connectivity index (χ1) is 14.6. The van der Waals surface area contributed by atoms with Crippen molar-refractivity contribution < 1.29 is 9.53 Å². The number of ether oxygens (including phenoxy) is 1. The lowest BCUT2D eigenvalue weighted by molar-refractivity contribution is -0.0866. The minimum Gasteiger partial charge on any atom is -0.484 e. The van der Waals surface area contributed by atoms with Gasteiger partial charge in [-0.25, -0.2) is 0 Å². The number of benzene rings is 2. The summed E-state index contributed by atoms with van der Waals surface area (Å²) in [6.07, 6.45) is 2.50. The number of nitrogens with zero attached hydrogens (tertiary/aromatic N) is 3. The first kappa shape index (κ1) is 21.1. The summed E-state index contributed by atoms with van der Waals surface area (Å²) in [6.45, 7) is 4.00. The summed E-state index contributed by atoms with van der Waals surface area (Å²) in [7, 11) is 0. The summed E-state index contributed by atoms with van der Waals surface area (Å²) in [5.74, 6) is 0.256. The zero-order valence-electron chi connectivity index (χ0n) is 17.2. The normalized spacial score (nSPS) is 20.2. The van der Waals surface area contributed by atoms with Crippen LogP contribution in [0, 0.1) is 39.4 Å². The van der Waals surface area contributed by atoms with E-state index >= 15 is 0 Å². The number of hydrogen-bond donors (Lipinski definition) is 0. The molecule has 0 radical (unpaired) electrons. The van der Waals surface area contributed by atoms with Crippen LogP contribution in [0.2, 0.25) is 0 Å². The van der Waals surface area contributed by atoms with Gasteiger partial charge in [0.05, 0.1) is 29.3 Å². The largest absolute Gasteiger partial charge is 0.484 e. The molecule has 1 aliphatic heterocycles. The molecule has 0 aromatic heterocycles. The SMILES string of the molecule is CC.N#CCCC1(C#N)C(=O)c2ccc(-c3ccc(C#N)cc3)cc2OC12CCC2. The Bertz CT molecular complexity index is 1080. The number of fused-ring (bicyclic) bond motifs is 1. The Balaban J connectivity index is 0.00000124. The van der Waals surface area contributed by atoms with E-state index in [0.717, 1.165) is 17.5 Å². The van der Waals surface area contributed by atoms with Gasteiger partial charge in [0.25, 0.3) is 0 Å². The summed E-state index contributed by atoms with van der Waals surface area (Å²) in [5, 5.41) is 27.9. The van der Waals surface area contributed by atoms with Gasteiger partial charge in [0.15, 0.2) is 11.2 Å².